The molecule has 0 heterocycles. The summed E-state index contributed by atoms with van der Waals surface area (Å²) < 4.78 is 5.54. The van der Waals surface area contributed by atoms with Gasteiger partial charge in [-0.2, -0.15) is 0 Å². The van der Waals surface area contributed by atoms with Crippen molar-refractivity contribution in [3.8, 4) is 0 Å². The maximum absolute atomic E-state index is 5.66. The zero-order chi connectivity index (χ0) is 12.0. The summed E-state index contributed by atoms with van der Waals surface area (Å²) in [5.74, 6) is 0. The van der Waals surface area contributed by atoms with E-state index in [1.165, 1.54) is 11.3 Å². The zero-order valence-corrected chi connectivity index (χ0v) is 10.4. The largest absolute Gasteiger partial charge is 0.375 e. The highest BCUT2D eigenvalue weighted by Crippen LogP contribution is 2.13. The number of ether oxygens (including phenoxy) is 1. The van der Waals surface area contributed by atoms with Gasteiger partial charge < -0.3 is 15.4 Å². The van der Waals surface area contributed by atoms with Crippen molar-refractivity contribution in [2.75, 3.05) is 31.6 Å². The molecule has 0 amide bonds. The smallest absolute Gasteiger partial charge is 0.0871 e. The van der Waals surface area contributed by atoms with Crippen molar-refractivity contribution in [3.05, 3.63) is 29.8 Å². The predicted octanol–water partition coefficient (Wildman–Crippen LogP) is 1.80. The second-order valence-electron chi connectivity index (χ2n) is 4.03. The molecule has 1 unspecified atom stereocenters. The third kappa shape index (κ3) is 3.83. The van der Waals surface area contributed by atoms with Crippen LogP contribution in [0.5, 0.6) is 0 Å². The molecule has 0 fully saturated rings. The number of aryl methyl sites for hydroxylation is 1. The van der Waals surface area contributed by atoms with Crippen molar-refractivity contribution in [3.63, 3.8) is 0 Å². The molecule has 0 aromatic heterocycles. The van der Waals surface area contributed by atoms with Gasteiger partial charge in [0, 0.05) is 32.4 Å². The third-order valence-corrected chi connectivity index (χ3v) is 2.62. The molecule has 2 N–H and O–H groups in total. The highest BCUT2D eigenvalue weighted by molar-refractivity contribution is 5.46. The van der Waals surface area contributed by atoms with Crippen LogP contribution >= 0.6 is 0 Å². The van der Waals surface area contributed by atoms with Gasteiger partial charge in [0.05, 0.1) is 6.10 Å². The molecule has 0 radical (unpaired) electrons. The first-order valence-corrected chi connectivity index (χ1v) is 5.76. The first-order chi connectivity index (χ1) is 7.67. The molecule has 0 spiro atoms. The zero-order valence-electron chi connectivity index (χ0n) is 10.4. The second kappa shape index (κ2) is 6.51. The number of hydrogen-bond acceptors (Lipinski definition) is 3. The summed E-state index contributed by atoms with van der Waals surface area (Å²) in [6, 6.07) is 8.47. The Morgan fingerprint density at radius 2 is 1.94 bits per heavy atom. The van der Waals surface area contributed by atoms with E-state index in [9.17, 15) is 0 Å². The number of likely N-dealkylation sites (N-methyl/N-ethyl adjacent to an activating group) is 1. The average molecular weight is 222 g/mol. The van der Waals surface area contributed by atoms with E-state index in [0.29, 0.717) is 13.2 Å². The molecule has 90 valence electrons. The number of benzene rings is 1. The molecule has 0 bridgehead atoms. The fourth-order valence-electron chi connectivity index (χ4n) is 1.64. The number of rotatable bonds is 6. The van der Waals surface area contributed by atoms with Crippen LogP contribution in [-0.2, 0) is 4.74 Å². The normalized spacial score (nSPS) is 12.5. The maximum Gasteiger partial charge on any atom is 0.0871 e. The van der Waals surface area contributed by atoms with E-state index in [1.54, 1.807) is 0 Å². The van der Waals surface area contributed by atoms with E-state index in [2.05, 4.69) is 43.1 Å². The number of anilines is 1. The van der Waals surface area contributed by atoms with Crippen LogP contribution < -0.4 is 10.6 Å². The minimum absolute atomic E-state index is 0.108. The van der Waals surface area contributed by atoms with Crippen LogP contribution in [0.3, 0.4) is 0 Å². The SMILES string of the molecule is CCOC(CN)CN(C)c1ccc(C)cc1. The molecule has 3 nitrogen and oxygen atoms in total. The molecule has 3 heteroatoms. The fraction of sp³-hybridized carbons (Fsp3) is 0.538. The Bertz CT molecular complexity index is 297. The summed E-state index contributed by atoms with van der Waals surface area (Å²) in [6.07, 6.45) is 0.108. The predicted molar refractivity (Wildman–Crippen MR) is 68.9 cm³/mol. The van der Waals surface area contributed by atoms with E-state index >= 15 is 0 Å². The number of hydrogen-bond donors (Lipinski definition) is 1. The van der Waals surface area contributed by atoms with Crippen LogP contribution in [0, 0.1) is 6.92 Å². The van der Waals surface area contributed by atoms with Gasteiger partial charge in [-0.15, -0.1) is 0 Å². The van der Waals surface area contributed by atoms with E-state index in [0.717, 1.165) is 6.54 Å². The van der Waals surface area contributed by atoms with Crippen LogP contribution in [-0.4, -0.2) is 32.8 Å². The molecule has 1 rings (SSSR count). The van der Waals surface area contributed by atoms with Gasteiger partial charge in [-0.25, -0.2) is 0 Å². The minimum atomic E-state index is 0.108. The second-order valence-corrected chi connectivity index (χ2v) is 4.03. The number of nitrogens with two attached hydrogens (primary N) is 1. The van der Waals surface area contributed by atoms with Crippen LogP contribution in [0.4, 0.5) is 5.69 Å². The monoisotopic (exact) mass is 222 g/mol. The van der Waals surface area contributed by atoms with Gasteiger partial charge in [0.1, 0.15) is 0 Å². The minimum Gasteiger partial charge on any atom is -0.375 e. The lowest BCUT2D eigenvalue weighted by Gasteiger charge is -2.24. The summed E-state index contributed by atoms with van der Waals surface area (Å²) in [5, 5.41) is 0. The van der Waals surface area contributed by atoms with Gasteiger partial charge in [-0.05, 0) is 26.0 Å². The number of nitrogens with zero attached hydrogens (tertiary/aromatic N) is 1. The van der Waals surface area contributed by atoms with E-state index in [1.807, 2.05) is 6.92 Å². The molecule has 0 aliphatic carbocycles. The molecule has 1 aromatic rings. The van der Waals surface area contributed by atoms with Crippen molar-refractivity contribution in [1.82, 2.24) is 0 Å². The third-order valence-electron chi connectivity index (χ3n) is 2.62. The summed E-state index contributed by atoms with van der Waals surface area (Å²) in [4.78, 5) is 2.17. The fourth-order valence-corrected chi connectivity index (χ4v) is 1.64. The van der Waals surface area contributed by atoms with Gasteiger partial charge in [0.25, 0.3) is 0 Å². The Hall–Kier alpha value is -1.06. The van der Waals surface area contributed by atoms with E-state index in [4.69, 9.17) is 10.5 Å². The lowest BCUT2D eigenvalue weighted by Crippen LogP contribution is -2.36. The highest BCUT2D eigenvalue weighted by atomic mass is 16.5. The highest BCUT2D eigenvalue weighted by Gasteiger charge is 2.09. The van der Waals surface area contributed by atoms with Crippen LogP contribution in [0.2, 0.25) is 0 Å². The lowest BCUT2D eigenvalue weighted by molar-refractivity contribution is 0.0745. The molecule has 0 aliphatic rings. The Labute approximate surface area is 98.2 Å². The van der Waals surface area contributed by atoms with Gasteiger partial charge in [0.15, 0.2) is 0 Å². The molecule has 0 aliphatic heterocycles. The van der Waals surface area contributed by atoms with Crippen molar-refractivity contribution >= 4 is 5.69 Å². The van der Waals surface area contributed by atoms with Crippen molar-refractivity contribution in [2.45, 2.75) is 20.0 Å². The maximum atomic E-state index is 5.66. The van der Waals surface area contributed by atoms with Gasteiger partial charge >= 0.3 is 0 Å². The van der Waals surface area contributed by atoms with Crippen molar-refractivity contribution < 1.29 is 4.74 Å². The standard InChI is InChI=1S/C13H22N2O/c1-4-16-13(9-14)10-15(3)12-7-5-11(2)6-8-12/h5-8,13H,4,9-10,14H2,1-3H3. The van der Waals surface area contributed by atoms with Crippen LogP contribution in [0.25, 0.3) is 0 Å². The Morgan fingerprint density at radius 1 is 1.31 bits per heavy atom. The van der Waals surface area contributed by atoms with E-state index in [-0.39, 0.29) is 6.10 Å². The quantitative estimate of drug-likeness (QED) is 0.797. The molecule has 0 saturated carbocycles. The first kappa shape index (κ1) is 13.0. The molecular formula is C13H22N2O. The van der Waals surface area contributed by atoms with Crippen molar-refractivity contribution in [2.24, 2.45) is 5.73 Å². The Morgan fingerprint density at radius 3 is 2.44 bits per heavy atom. The molecule has 16 heavy (non-hydrogen) atoms. The molecule has 1 atom stereocenters. The summed E-state index contributed by atoms with van der Waals surface area (Å²) >= 11 is 0. The van der Waals surface area contributed by atoms with Gasteiger partial charge in [-0.1, -0.05) is 17.7 Å². The Kier molecular flexibility index (Phi) is 5.29. The topological polar surface area (TPSA) is 38.5 Å². The average Bonchev–Trinajstić information content (AvgIpc) is 2.29. The molecule has 1 aromatic carbocycles. The Balaban J connectivity index is 2.56. The molecular weight excluding hydrogens is 200 g/mol. The van der Waals surface area contributed by atoms with Crippen molar-refractivity contribution in [1.29, 1.82) is 0 Å². The van der Waals surface area contributed by atoms with Crippen LogP contribution in [0.15, 0.2) is 24.3 Å². The lowest BCUT2D eigenvalue weighted by atomic mass is 10.2. The first-order valence-electron chi connectivity index (χ1n) is 5.76. The van der Waals surface area contributed by atoms with Crippen LogP contribution in [0.1, 0.15) is 12.5 Å². The van der Waals surface area contributed by atoms with Gasteiger partial charge in [0.2, 0.25) is 0 Å². The summed E-state index contributed by atoms with van der Waals surface area (Å²) in [7, 11) is 2.06. The van der Waals surface area contributed by atoms with Gasteiger partial charge in [-0.3, -0.25) is 0 Å². The van der Waals surface area contributed by atoms with E-state index < -0.39 is 0 Å². The summed E-state index contributed by atoms with van der Waals surface area (Å²) in [5.41, 5.74) is 8.13. The summed E-state index contributed by atoms with van der Waals surface area (Å²) in [6.45, 7) is 6.18. The molecule has 0 saturated heterocycles.